The normalized spacial score (nSPS) is 14.2. The molecule has 0 N–H and O–H groups in total. The number of hydrogen-bond acceptors (Lipinski definition) is 10. The molecule has 138 heavy (non-hydrogen) atoms. The fourth-order valence-electron chi connectivity index (χ4n) is 22.4. The van der Waals surface area contributed by atoms with Gasteiger partial charge < -0.3 is 18.1 Å². The van der Waals surface area contributed by atoms with Gasteiger partial charge in [-0.05, 0) is 218 Å². The van der Waals surface area contributed by atoms with Gasteiger partial charge in [-0.3, -0.25) is 9.13 Å². The second kappa shape index (κ2) is 31.9. The summed E-state index contributed by atoms with van der Waals surface area (Å²) in [6.45, 7) is 8.34. The first-order valence-corrected chi connectivity index (χ1v) is 47.0. The Kier molecular flexibility index (Phi) is 19.3. The lowest BCUT2D eigenvalue weighted by Crippen LogP contribution is -2.41. The molecular formula is C124H88BBrN8O4. The van der Waals surface area contributed by atoms with Crippen molar-refractivity contribution in [3.05, 3.63) is 461 Å². The number of para-hydroxylation sites is 2. The van der Waals surface area contributed by atoms with E-state index in [0.717, 1.165) is 131 Å². The maximum atomic E-state index is 6.91. The Balaban J connectivity index is 0.000000116. The summed E-state index contributed by atoms with van der Waals surface area (Å²) < 4.78 is 31.6. The zero-order chi connectivity index (χ0) is 90.4. The van der Waals surface area contributed by atoms with Crippen molar-refractivity contribution in [1.29, 1.82) is 0 Å². The molecule has 0 saturated carbocycles. The van der Waals surface area contributed by atoms with Crippen LogP contribution < -0.4 is 5.46 Å². The Morgan fingerprint density at radius 3 is 0.935 bits per heavy atom. The summed E-state index contributed by atoms with van der Waals surface area (Å²) in [4.78, 5) is 29.9. The van der Waals surface area contributed by atoms with Crippen LogP contribution in [0.25, 0.3) is 201 Å². The lowest BCUT2D eigenvalue weighted by atomic mass is 9.70. The van der Waals surface area contributed by atoms with Crippen molar-refractivity contribution in [3.63, 3.8) is 0 Å². The van der Waals surface area contributed by atoms with E-state index in [4.69, 9.17) is 48.0 Å². The molecule has 4 aliphatic carbocycles. The van der Waals surface area contributed by atoms with Crippen molar-refractivity contribution in [3.8, 4) is 113 Å². The van der Waals surface area contributed by atoms with Crippen LogP contribution in [0.15, 0.2) is 426 Å². The highest BCUT2D eigenvalue weighted by Gasteiger charge is 2.55. The van der Waals surface area contributed by atoms with E-state index in [0.29, 0.717) is 35.2 Å². The van der Waals surface area contributed by atoms with Crippen molar-refractivity contribution in [2.45, 2.75) is 64.6 Å². The molecule has 0 radical (unpaired) electrons. The molecular weight excluding hydrogens is 1760 g/mol. The number of hydrogen-bond donors (Lipinski definition) is 0. The molecule has 658 valence electrons. The summed E-state index contributed by atoms with van der Waals surface area (Å²) in [5, 5.41) is 9.03. The molecule has 0 amide bonds. The number of halogens is 1. The molecule has 18 aromatic carbocycles. The fourth-order valence-corrected chi connectivity index (χ4v) is 22.7. The summed E-state index contributed by atoms with van der Waals surface area (Å²) in [5.41, 5.74) is 34.0. The molecule has 1 saturated heterocycles. The minimum absolute atomic E-state index is 0. The Labute approximate surface area is 806 Å². The highest BCUT2D eigenvalue weighted by molar-refractivity contribution is 9.10. The van der Waals surface area contributed by atoms with Gasteiger partial charge in [0.05, 0.1) is 44.1 Å². The molecule has 0 bridgehead atoms. The molecule has 14 heteroatoms. The quantitative estimate of drug-likeness (QED) is 0.135. The number of aromatic nitrogens is 8. The maximum absolute atomic E-state index is 6.91. The van der Waals surface area contributed by atoms with E-state index in [-0.39, 0.29) is 20.3 Å². The summed E-state index contributed by atoms with van der Waals surface area (Å²) in [6, 6.07) is 146. The van der Waals surface area contributed by atoms with Crippen LogP contribution in [0, 0.1) is 0 Å². The Morgan fingerprint density at radius 1 is 0.232 bits per heavy atom. The molecule has 7 heterocycles. The van der Waals surface area contributed by atoms with Crippen LogP contribution in [0.4, 0.5) is 0 Å². The molecule has 0 unspecified atom stereocenters. The Bertz CT molecular complexity index is 8900. The smallest absolute Gasteiger partial charge is 0.456 e. The molecule has 29 rings (SSSR count). The van der Waals surface area contributed by atoms with Crippen LogP contribution >= 0.6 is 15.9 Å². The van der Waals surface area contributed by atoms with Gasteiger partial charge in [0.15, 0.2) is 23.3 Å². The first-order chi connectivity index (χ1) is 66.8. The SMILES string of the molecule is Brc1ccc2c(c1)c1ccccc1n2-c1nc(-c2ccccc2)nc(-c2ccccc2)n1.C.C.CC1(C)OB(c2ccc3c(c2)oc2cc4c(cc23)-c2ccccc2C42c3ccccc3-c3ccccc32)OC1(C)C.c1ccc(-c2nc(-c3ccccc3)nc(-n3c4ccccc4c4cc(-c5ccc6c(c5)oc5cc7c(cc56)-c5ccccc5C75c6ccccc6-c6ccccc65)ccc43)n2)cc1. The molecule has 12 nitrogen and oxygen atoms in total. The fraction of sp³-hybridized carbons (Fsp3) is 0.0806. The van der Waals surface area contributed by atoms with Crippen LogP contribution in [-0.2, 0) is 20.1 Å². The maximum Gasteiger partial charge on any atom is 0.494 e. The number of furan rings is 2. The van der Waals surface area contributed by atoms with Crippen LogP contribution in [0.2, 0.25) is 0 Å². The first-order valence-electron chi connectivity index (χ1n) is 46.2. The van der Waals surface area contributed by atoms with E-state index in [9.17, 15) is 0 Å². The molecule has 24 aromatic rings. The minimum atomic E-state index is -0.427. The summed E-state index contributed by atoms with van der Waals surface area (Å²) >= 11 is 3.62. The molecule has 2 spiro atoms. The predicted molar refractivity (Wildman–Crippen MR) is 566 cm³/mol. The van der Waals surface area contributed by atoms with Gasteiger partial charge in [-0.15, -0.1) is 0 Å². The lowest BCUT2D eigenvalue weighted by molar-refractivity contribution is 0.00578. The average Bonchev–Trinajstić information content (AvgIpc) is 1.51. The molecule has 6 aromatic heterocycles. The third kappa shape index (κ3) is 12.5. The van der Waals surface area contributed by atoms with E-state index in [1.165, 1.54) is 89.0 Å². The van der Waals surface area contributed by atoms with Crippen molar-refractivity contribution < 1.29 is 18.1 Å². The minimum Gasteiger partial charge on any atom is -0.456 e. The summed E-state index contributed by atoms with van der Waals surface area (Å²) in [6.07, 6.45) is 0. The van der Waals surface area contributed by atoms with Gasteiger partial charge in [-0.25, -0.2) is 9.97 Å². The third-order valence-electron chi connectivity index (χ3n) is 29.1. The van der Waals surface area contributed by atoms with Crippen LogP contribution in [0.5, 0.6) is 0 Å². The standard InChI is InChI=1S/C58H34N4O.C37H29BO3.C27H17BrN4.2CH4/c1-3-15-35(16-4-1)55-59-56(36-17-5-2-6-18-36)61-57(60-55)62-51-26-14-10-22-42(51)45-31-37(28-30-52(45)62)38-27-29-43-46-33-44-41-21-9-13-25-49(41)58(50(44)34-54(46)63-53(43)32-38)47-23-11-7-19-39(47)40-20-8-12-24-48(40)58;1-35(2)36(3,4)41-38(40-35)22-17-18-26-28-20-27-25-13-7-10-16-31(25)37(32(27)21-34(28)39-33(26)19-22)29-14-8-5-11-23(29)24-12-6-9-15-30(24)37;28-20-15-16-24-22(17-20)21-13-7-8-14-23(21)32(24)27-30-25(18-9-3-1-4-10-18)29-26(31-27)19-11-5-2-6-12-19;;/h1-34H;5-21H,1-4H3;1-17H;2*1H4. The molecule has 5 aliphatic rings. The van der Waals surface area contributed by atoms with Crippen LogP contribution in [-0.4, -0.2) is 57.4 Å². The van der Waals surface area contributed by atoms with Crippen molar-refractivity contribution in [2.75, 3.05) is 0 Å². The van der Waals surface area contributed by atoms with Gasteiger partial charge in [0.25, 0.3) is 0 Å². The topological polar surface area (TPSA) is 132 Å². The predicted octanol–water partition coefficient (Wildman–Crippen LogP) is 30.8. The van der Waals surface area contributed by atoms with E-state index < -0.39 is 23.7 Å². The average molecular weight is 1840 g/mol. The molecule has 1 fully saturated rings. The number of nitrogens with zero attached hydrogens (tertiary/aromatic N) is 8. The van der Waals surface area contributed by atoms with E-state index in [1.807, 2.05) is 127 Å². The van der Waals surface area contributed by atoms with E-state index in [1.54, 1.807) is 0 Å². The van der Waals surface area contributed by atoms with Crippen LogP contribution in [0.3, 0.4) is 0 Å². The number of benzene rings is 18. The van der Waals surface area contributed by atoms with Gasteiger partial charge >= 0.3 is 7.12 Å². The van der Waals surface area contributed by atoms with Gasteiger partial charge in [0, 0.05) is 69.8 Å². The zero-order valence-electron chi connectivity index (χ0n) is 74.4. The van der Waals surface area contributed by atoms with Crippen molar-refractivity contribution in [1.82, 2.24) is 39.0 Å². The summed E-state index contributed by atoms with van der Waals surface area (Å²) in [5.74, 6) is 3.74. The monoisotopic (exact) mass is 1840 g/mol. The Morgan fingerprint density at radius 2 is 0.536 bits per heavy atom. The second-order valence-electron chi connectivity index (χ2n) is 36.9. The lowest BCUT2D eigenvalue weighted by Gasteiger charge is -2.32. The Hall–Kier alpha value is -16.4. The summed E-state index contributed by atoms with van der Waals surface area (Å²) in [7, 11) is -0.427. The number of rotatable bonds is 8. The first kappa shape index (κ1) is 83.5. The van der Waals surface area contributed by atoms with E-state index in [2.05, 4.69) is 338 Å². The van der Waals surface area contributed by atoms with Gasteiger partial charge in [-0.1, -0.05) is 358 Å². The zero-order valence-corrected chi connectivity index (χ0v) is 76.0. The largest absolute Gasteiger partial charge is 0.494 e. The van der Waals surface area contributed by atoms with Gasteiger partial charge in [0.2, 0.25) is 11.9 Å². The molecule has 0 atom stereocenters. The van der Waals surface area contributed by atoms with Gasteiger partial charge in [0.1, 0.15) is 22.3 Å². The number of fused-ring (bicyclic) bond motifs is 32. The van der Waals surface area contributed by atoms with Gasteiger partial charge in [-0.2, -0.15) is 19.9 Å². The van der Waals surface area contributed by atoms with Crippen LogP contribution in [0.1, 0.15) is 87.1 Å². The highest BCUT2D eigenvalue weighted by atomic mass is 79.9. The third-order valence-corrected chi connectivity index (χ3v) is 29.6. The van der Waals surface area contributed by atoms with Crippen molar-refractivity contribution >= 4 is 116 Å². The molecule has 1 aliphatic heterocycles. The highest BCUT2D eigenvalue weighted by Crippen LogP contribution is 2.66. The van der Waals surface area contributed by atoms with E-state index >= 15 is 0 Å². The second-order valence-corrected chi connectivity index (χ2v) is 37.9. The van der Waals surface area contributed by atoms with Crippen molar-refractivity contribution in [2.24, 2.45) is 0 Å².